The van der Waals surface area contributed by atoms with Gasteiger partial charge in [-0.3, -0.25) is 4.79 Å². The Morgan fingerprint density at radius 3 is 2.37 bits per heavy atom. The summed E-state index contributed by atoms with van der Waals surface area (Å²) >= 11 is 1.83. The van der Waals surface area contributed by atoms with Crippen LogP contribution in [0.2, 0.25) is 0 Å². The van der Waals surface area contributed by atoms with Gasteiger partial charge in [-0.05, 0) is 46.5 Å². The third-order valence-electron chi connectivity index (χ3n) is 5.82. The average Bonchev–Trinajstić information content (AvgIpc) is 2.82. The maximum atomic E-state index is 13.8. The monoisotopic (exact) mass is 409 g/mol. The zero-order valence-electron chi connectivity index (χ0n) is 16.7. The van der Waals surface area contributed by atoms with E-state index in [1.807, 2.05) is 48.2 Å². The Hall–Kier alpha value is -3.04. The SMILES string of the molecule is O=C(c1cccc2ccccc12)N1Cc2ccccc2CC1CSc1ccccc1. The van der Waals surface area contributed by atoms with E-state index < -0.39 is 0 Å². The van der Waals surface area contributed by atoms with E-state index in [-0.39, 0.29) is 11.9 Å². The fourth-order valence-electron chi connectivity index (χ4n) is 4.25. The number of hydrogen-bond acceptors (Lipinski definition) is 2. The van der Waals surface area contributed by atoms with Gasteiger partial charge in [0.25, 0.3) is 5.91 Å². The largest absolute Gasteiger partial charge is 0.330 e. The molecule has 0 N–H and O–H groups in total. The molecule has 1 aliphatic heterocycles. The lowest BCUT2D eigenvalue weighted by atomic mass is 9.93. The number of amides is 1. The van der Waals surface area contributed by atoms with E-state index in [0.29, 0.717) is 6.54 Å². The van der Waals surface area contributed by atoms with Crippen LogP contribution in [0, 0.1) is 0 Å². The van der Waals surface area contributed by atoms with Gasteiger partial charge in [-0.1, -0.05) is 78.9 Å². The number of rotatable bonds is 4. The smallest absolute Gasteiger partial charge is 0.255 e. The summed E-state index contributed by atoms with van der Waals surface area (Å²) in [6.07, 6.45) is 0.895. The highest BCUT2D eigenvalue weighted by Crippen LogP contribution is 2.30. The van der Waals surface area contributed by atoms with E-state index in [4.69, 9.17) is 0 Å². The van der Waals surface area contributed by atoms with E-state index in [0.717, 1.165) is 28.5 Å². The van der Waals surface area contributed by atoms with Crippen molar-refractivity contribution in [2.75, 3.05) is 5.75 Å². The maximum absolute atomic E-state index is 13.8. The van der Waals surface area contributed by atoms with Gasteiger partial charge in [0.05, 0.1) is 0 Å². The van der Waals surface area contributed by atoms with E-state index in [9.17, 15) is 4.79 Å². The van der Waals surface area contributed by atoms with Crippen LogP contribution >= 0.6 is 11.8 Å². The predicted molar refractivity (Wildman–Crippen MR) is 125 cm³/mol. The highest BCUT2D eigenvalue weighted by atomic mass is 32.2. The molecule has 0 bridgehead atoms. The van der Waals surface area contributed by atoms with Gasteiger partial charge in [-0.15, -0.1) is 11.8 Å². The second kappa shape index (κ2) is 8.37. The lowest BCUT2D eigenvalue weighted by Crippen LogP contribution is -2.45. The van der Waals surface area contributed by atoms with Crippen molar-refractivity contribution in [3.8, 4) is 0 Å². The molecule has 1 amide bonds. The summed E-state index contributed by atoms with van der Waals surface area (Å²) in [5.74, 6) is 1.01. The standard InChI is InChI=1S/C27H23NOS/c29-27(26-16-8-12-20-9-6-7-15-25(20)26)28-18-22-11-5-4-10-21(22)17-23(28)19-30-24-13-2-1-3-14-24/h1-16,23H,17-19H2. The number of carbonyl (C=O) groups excluding carboxylic acids is 1. The maximum Gasteiger partial charge on any atom is 0.255 e. The zero-order valence-corrected chi connectivity index (χ0v) is 17.5. The van der Waals surface area contributed by atoms with Crippen molar-refractivity contribution in [3.05, 3.63) is 114 Å². The molecule has 0 saturated carbocycles. The minimum atomic E-state index is 0.125. The average molecular weight is 410 g/mol. The highest BCUT2D eigenvalue weighted by Gasteiger charge is 2.31. The molecule has 4 aromatic carbocycles. The molecule has 0 spiro atoms. The van der Waals surface area contributed by atoms with E-state index in [1.54, 1.807) is 0 Å². The number of carbonyl (C=O) groups is 1. The van der Waals surface area contributed by atoms with Gasteiger partial charge in [-0.25, -0.2) is 0 Å². The minimum absolute atomic E-state index is 0.125. The van der Waals surface area contributed by atoms with Crippen molar-refractivity contribution in [2.24, 2.45) is 0 Å². The summed E-state index contributed by atoms with van der Waals surface area (Å²) < 4.78 is 0. The van der Waals surface area contributed by atoms with Crippen LogP contribution in [0.15, 0.2) is 102 Å². The molecule has 0 radical (unpaired) electrons. The molecule has 1 unspecified atom stereocenters. The quantitative estimate of drug-likeness (QED) is 0.374. The lowest BCUT2D eigenvalue weighted by Gasteiger charge is -2.37. The third-order valence-corrected chi connectivity index (χ3v) is 6.98. The lowest BCUT2D eigenvalue weighted by molar-refractivity contribution is 0.0664. The van der Waals surface area contributed by atoms with E-state index in [2.05, 4.69) is 65.6 Å². The molecule has 0 aliphatic carbocycles. The van der Waals surface area contributed by atoms with Gasteiger partial charge in [-0.2, -0.15) is 0 Å². The molecule has 2 nitrogen and oxygen atoms in total. The van der Waals surface area contributed by atoms with E-state index in [1.165, 1.54) is 16.0 Å². The Morgan fingerprint density at radius 1 is 0.800 bits per heavy atom. The van der Waals surface area contributed by atoms with Crippen LogP contribution in [0.5, 0.6) is 0 Å². The van der Waals surface area contributed by atoms with Crippen molar-refractivity contribution in [2.45, 2.75) is 23.9 Å². The summed E-state index contributed by atoms with van der Waals surface area (Å²) in [5.41, 5.74) is 3.41. The molecule has 3 heteroatoms. The van der Waals surface area contributed by atoms with Crippen molar-refractivity contribution in [3.63, 3.8) is 0 Å². The van der Waals surface area contributed by atoms with Crippen molar-refractivity contribution in [1.29, 1.82) is 0 Å². The number of benzene rings is 4. The van der Waals surface area contributed by atoms with Crippen molar-refractivity contribution >= 4 is 28.4 Å². The fraction of sp³-hybridized carbons (Fsp3) is 0.148. The minimum Gasteiger partial charge on any atom is -0.330 e. The van der Waals surface area contributed by atoms with Crippen LogP contribution in [0.3, 0.4) is 0 Å². The Kier molecular flexibility index (Phi) is 5.29. The Bertz CT molecular complexity index is 1180. The number of hydrogen-bond donors (Lipinski definition) is 0. The summed E-state index contributed by atoms with van der Waals surface area (Å²) in [6.45, 7) is 0.665. The van der Waals surface area contributed by atoms with Gasteiger partial charge < -0.3 is 4.90 Å². The second-order valence-electron chi connectivity index (χ2n) is 7.71. The van der Waals surface area contributed by atoms with E-state index >= 15 is 0 Å². The molecule has 1 aliphatic rings. The van der Waals surface area contributed by atoms with Crippen LogP contribution in [0.4, 0.5) is 0 Å². The first kappa shape index (κ1) is 19.0. The molecule has 1 heterocycles. The summed E-state index contributed by atoms with van der Waals surface area (Å²) in [7, 11) is 0. The molecular weight excluding hydrogens is 386 g/mol. The molecule has 1 atom stereocenters. The molecular formula is C27H23NOS. The van der Waals surface area contributed by atoms with Crippen LogP contribution in [0.25, 0.3) is 10.8 Å². The molecule has 0 saturated heterocycles. The topological polar surface area (TPSA) is 20.3 Å². The van der Waals surface area contributed by atoms with Gasteiger partial charge in [0, 0.05) is 28.8 Å². The number of nitrogens with zero attached hydrogens (tertiary/aromatic N) is 1. The fourth-order valence-corrected chi connectivity index (χ4v) is 5.28. The van der Waals surface area contributed by atoms with Gasteiger partial charge >= 0.3 is 0 Å². The summed E-state index contributed by atoms with van der Waals surface area (Å²) in [5, 5.41) is 2.13. The molecule has 0 fully saturated rings. The van der Waals surface area contributed by atoms with Gasteiger partial charge in [0.1, 0.15) is 0 Å². The predicted octanol–water partition coefficient (Wildman–Crippen LogP) is 6.20. The van der Waals surface area contributed by atoms with Gasteiger partial charge in [0.2, 0.25) is 0 Å². The molecule has 0 aromatic heterocycles. The first-order valence-electron chi connectivity index (χ1n) is 10.3. The zero-order chi connectivity index (χ0) is 20.3. The normalized spacial score (nSPS) is 15.7. The molecule has 148 valence electrons. The van der Waals surface area contributed by atoms with Crippen LogP contribution in [-0.2, 0) is 13.0 Å². The van der Waals surface area contributed by atoms with Crippen LogP contribution in [0.1, 0.15) is 21.5 Å². The molecule has 4 aromatic rings. The first-order valence-corrected chi connectivity index (χ1v) is 11.3. The summed E-state index contributed by atoms with van der Waals surface area (Å²) in [4.78, 5) is 17.1. The van der Waals surface area contributed by atoms with Crippen molar-refractivity contribution < 1.29 is 4.79 Å². The third kappa shape index (κ3) is 3.73. The summed E-state index contributed by atoms with van der Waals surface area (Å²) in [6, 6.07) is 33.3. The Balaban J connectivity index is 1.48. The number of thioether (sulfide) groups is 1. The van der Waals surface area contributed by atoms with Crippen LogP contribution < -0.4 is 0 Å². The first-order chi connectivity index (χ1) is 14.8. The van der Waals surface area contributed by atoms with Crippen LogP contribution in [-0.4, -0.2) is 22.6 Å². The second-order valence-corrected chi connectivity index (χ2v) is 8.80. The van der Waals surface area contributed by atoms with Crippen molar-refractivity contribution in [1.82, 2.24) is 4.90 Å². The van der Waals surface area contributed by atoms with Gasteiger partial charge in [0.15, 0.2) is 0 Å². The molecule has 5 rings (SSSR count). The highest BCUT2D eigenvalue weighted by molar-refractivity contribution is 7.99. The Labute approximate surface area is 181 Å². The molecule has 30 heavy (non-hydrogen) atoms. The Morgan fingerprint density at radius 2 is 1.50 bits per heavy atom. The number of fused-ring (bicyclic) bond motifs is 2.